The number of benzene rings is 1. The zero-order valence-electron chi connectivity index (χ0n) is 17.4. The normalized spacial score (nSPS) is 21.0. The van der Waals surface area contributed by atoms with Crippen molar-refractivity contribution in [3.8, 4) is 0 Å². The van der Waals surface area contributed by atoms with Crippen molar-refractivity contribution >= 4 is 16.0 Å². The number of ether oxygens (including phenoxy) is 1. The summed E-state index contributed by atoms with van der Waals surface area (Å²) in [5.41, 5.74) is 0.883. The Balaban J connectivity index is 1.61. The van der Waals surface area contributed by atoms with Crippen molar-refractivity contribution in [2.45, 2.75) is 63.3 Å². The van der Waals surface area contributed by atoms with Crippen LogP contribution in [0, 0.1) is 0 Å². The number of allylic oxidation sites excluding steroid dienone is 2. The Morgan fingerprint density at radius 3 is 2.69 bits per heavy atom. The highest BCUT2D eigenvalue weighted by atomic mass is 32.2. The Kier molecular flexibility index (Phi) is 7.66. The minimum atomic E-state index is -4.48. The van der Waals surface area contributed by atoms with Gasteiger partial charge in [0.05, 0.1) is 29.2 Å². The molecule has 1 fully saturated rings. The molecule has 2 aliphatic heterocycles. The van der Waals surface area contributed by atoms with Crippen LogP contribution in [-0.4, -0.2) is 37.5 Å². The summed E-state index contributed by atoms with van der Waals surface area (Å²) in [6, 6.07) is 4.67. The Labute approximate surface area is 185 Å². The van der Waals surface area contributed by atoms with Crippen LogP contribution in [0.3, 0.4) is 0 Å². The molecule has 2 bridgehead atoms. The third-order valence-electron chi connectivity index (χ3n) is 5.52. The van der Waals surface area contributed by atoms with E-state index in [1.807, 2.05) is 12.2 Å². The van der Waals surface area contributed by atoms with Crippen molar-refractivity contribution in [2.24, 2.45) is 0 Å². The predicted octanol–water partition coefficient (Wildman–Crippen LogP) is 4.18. The number of fused-ring (bicyclic) bond motifs is 2. The average molecular weight is 474 g/mol. The lowest BCUT2D eigenvalue weighted by Crippen LogP contribution is -2.32. The molecule has 2 heterocycles. The third-order valence-corrected chi connectivity index (χ3v) is 6.79. The third kappa shape index (κ3) is 6.59. The maximum Gasteiger partial charge on any atom is 0.416 e. The molecular formula is C22H26F3NO5S. The van der Waals surface area contributed by atoms with E-state index in [0.717, 1.165) is 24.1 Å². The molecular weight excluding hydrogens is 447 g/mol. The Morgan fingerprint density at radius 2 is 1.97 bits per heavy atom. The van der Waals surface area contributed by atoms with Gasteiger partial charge in [0.15, 0.2) is 0 Å². The highest BCUT2D eigenvalue weighted by Gasteiger charge is 2.41. The average Bonchev–Trinajstić information content (AvgIpc) is 3.31. The standard InChI is InChI=1S/C22H26F3NO5S/c23-22(24,25)16-7-5-6-15(14-16)12-13-32(29,30)26-21-17(18-10-11-19(21)31-18)8-3-1-2-4-9-20(27)28/h1,3,5-7,14,18-19,26H,2,4,8-13H2,(H,27,28). The second-order valence-electron chi connectivity index (χ2n) is 7.96. The largest absolute Gasteiger partial charge is 0.481 e. The van der Waals surface area contributed by atoms with Crippen LogP contribution in [-0.2, 0) is 32.2 Å². The van der Waals surface area contributed by atoms with Crippen LogP contribution in [0.25, 0.3) is 0 Å². The van der Waals surface area contributed by atoms with Gasteiger partial charge in [0.1, 0.15) is 0 Å². The number of aryl methyl sites for hydroxylation is 1. The smallest absolute Gasteiger partial charge is 0.416 e. The molecule has 32 heavy (non-hydrogen) atoms. The molecule has 2 N–H and O–H groups in total. The van der Waals surface area contributed by atoms with E-state index < -0.39 is 27.7 Å². The lowest BCUT2D eigenvalue weighted by Gasteiger charge is -2.18. The number of sulfonamides is 1. The summed E-state index contributed by atoms with van der Waals surface area (Å²) in [6.07, 6.45) is 2.04. The van der Waals surface area contributed by atoms with E-state index in [2.05, 4.69) is 4.72 Å². The SMILES string of the molecule is O=C(O)CCCC=CCC1=C(NS(=O)(=O)CCc2cccc(C(F)(F)F)c2)C2CCC1O2. The molecule has 1 saturated heterocycles. The monoisotopic (exact) mass is 473 g/mol. The first-order valence-corrected chi connectivity index (χ1v) is 12.1. The maximum atomic E-state index is 12.9. The van der Waals surface area contributed by atoms with Crippen LogP contribution in [0.1, 0.15) is 49.7 Å². The van der Waals surface area contributed by atoms with Gasteiger partial charge in [0.2, 0.25) is 10.0 Å². The molecule has 2 atom stereocenters. The fourth-order valence-electron chi connectivity index (χ4n) is 3.93. The van der Waals surface area contributed by atoms with Gasteiger partial charge in [-0.15, -0.1) is 0 Å². The first-order chi connectivity index (χ1) is 15.0. The van der Waals surface area contributed by atoms with Crippen LogP contribution < -0.4 is 4.72 Å². The van der Waals surface area contributed by atoms with E-state index in [9.17, 15) is 26.4 Å². The molecule has 0 aromatic heterocycles. The van der Waals surface area contributed by atoms with E-state index in [4.69, 9.17) is 9.84 Å². The number of unbranched alkanes of at least 4 members (excludes halogenated alkanes) is 1. The van der Waals surface area contributed by atoms with Crippen LogP contribution in [0.2, 0.25) is 0 Å². The van der Waals surface area contributed by atoms with Crippen LogP contribution in [0.15, 0.2) is 47.7 Å². The number of carboxylic acid groups (broad SMARTS) is 1. The fraction of sp³-hybridized carbons (Fsp3) is 0.500. The second kappa shape index (κ2) is 10.1. The summed E-state index contributed by atoms with van der Waals surface area (Å²) in [5, 5.41) is 8.66. The fourth-order valence-corrected chi connectivity index (χ4v) is 5.14. The minimum Gasteiger partial charge on any atom is -0.481 e. The van der Waals surface area contributed by atoms with Gasteiger partial charge in [-0.2, -0.15) is 13.2 Å². The summed E-state index contributed by atoms with van der Waals surface area (Å²) in [6.45, 7) is 0. The van der Waals surface area contributed by atoms with Gasteiger partial charge in [0, 0.05) is 6.42 Å². The van der Waals surface area contributed by atoms with Crippen molar-refractivity contribution < 1.29 is 36.2 Å². The summed E-state index contributed by atoms with van der Waals surface area (Å²) >= 11 is 0. The molecule has 1 aromatic carbocycles. The van der Waals surface area contributed by atoms with E-state index >= 15 is 0 Å². The van der Waals surface area contributed by atoms with Crippen LogP contribution in [0.5, 0.6) is 0 Å². The molecule has 176 valence electrons. The first-order valence-electron chi connectivity index (χ1n) is 10.5. The summed E-state index contributed by atoms with van der Waals surface area (Å²) < 4.78 is 72.3. The maximum absolute atomic E-state index is 12.9. The van der Waals surface area contributed by atoms with Crippen molar-refractivity contribution in [1.29, 1.82) is 0 Å². The number of carboxylic acids is 1. The van der Waals surface area contributed by atoms with Gasteiger partial charge >= 0.3 is 12.1 Å². The lowest BCUT2D eigenvalue weighted by molar-refractivity contribution is -0.138. The second-order valence-corrected chi connectivity index (χ2v) is 9.80. The van der Waals surface area contributed by atoms with Crippen LogP contribution in [0.4, 0.5) is 13.2 Å². The van der Waals surface area contributed by atoms with Crippen molar-refractivity contribution in [3.63, 3.8) is 0 Å². The summed E-state index contributed by atoms with van der Waals surface area (Å²) in [5.74, 6) is -1.18. The van der Waals surface area contributed by atoms with Crippen LogP contribution >= 0.6 is 0 Å². The number of hydrogen-bond acceptors (Lipinski definition) is 4. The molecule has 10 heteroatoms. The molecule has 2 aliphatic rings. The number of nitrogens with one attached hydrogen (secondary N) is 1. The number of alkyl halides is 3. The van der Waals surface area contributed by atoms with E-state index in [0.29, 0.717) is 36.9 Å². The van der Waals surface area contributed by atoms with Crippen molar-refractivity contribution in [3.05, 3.63) is 58.8 Å². The zero-order chi connectivity index (χ0) is 23.4. The molecule has 2 unspecified atom stereocenters. The summed E-state index contributed by atoms with van der Waals surface area (Å²) in [7, 11) is -3.77. The molecule has 3 rings (SSSR count). The predicted molar refractivity (Wildman–Crippen MR) is 112 cm³/mol. The van der Waals surface area contributed by atoms with Gasteiger partial charge < -0.3 is 9.84 Å². The number of carbonyl (C=O) groups is 1. The molecule has 0 aliphatic carbocycles. The van der Waals surface area contributed by atoms with Crippen molar-refractivity contribution in [1.82, 2.24) is 4.72 Å². The Hall–Kier alpha value is -2.33. The number of aliphatic carboxylic acids is 1. The van der Waals surface area contributed by atoms with Gasteiger partial charge in [0.25, 0.3) is 0 Å². The van der Waals surface area contributed by atoms with Gasteiger partial charge in [-0.25, -0.2) is 8.42 Å². The van der Waals surface area contributed by atoms with Gasteiger partial charge in [-0.1, -0.05) is 30.4 Å². The Bertz CT molecular complexity index is 1000. The molecule has 1 aromatic rings. The van der Waals surface area contributed by atoms with Crippen molar-refractivity contribution in [2.75, 3.05) is 5.75 Å². The topological polar surface area (TPSA) is 92.7 Å². The first kappa shape index (κ1) is 24.3. The quantitative estimate of drug-likeness (QED) is 0.372. The minimum absolute atomic E-state index is 0.0414. The summed E-state index contributed by atoms with van der Waals surface area (Å²) in [4.78, 5) is 10.5. The molecule has 0 radical (unpaired) electrons. The molecule has 0 amide bonds. The molecule has 0 spiro atoms. The number of halogens is 3. The molecule has 0 saturated carbocycles. The van der Waals surface area contributed by atoms with Gasteiger partial charge in [-0.05, 0) is 55.7 Å². The number of rotatable bonds is 11. The van der Waals surface area contributed by atoms with E-state index in [1.54, 1.807) is 0 Å². The highest BCUT2D eigenvalue weighted by molar-refractivity contribution is 7.89. The Morgan fingerprint density at radius 1 is 1.22 bits per heavy atom. The lowest BCUT2D eigenvalue weighted by atomic mass is 9.94. The van der Waals surface area contributed by atoms with Gasteiger partial charge in [-0.3, -0.25) is 9.52 Å². The van der Waals surface area contributed by atoms with E-state index in [-0.39, 0.29) is 30.8 Å². The zero-order valence-corrected chi connectivity index (χ0v) is 18.2. The number of hydrogen-bond donors (Lipinski definition) is 2. The highest BCUT2D eigenvalue weighted by Crippen LogP contribution is 2.40. The van der Waals surface area contributed by atoms with E-state index in [1.165, 1.54) is 12.1 Å². The molecule has 6 nitrogen and oxygen atoms in total.